The van der Waals surface area contributed by atoms with E-state index < -0.39 is 0 Å². The highest BCUT2D eigenvalue weighted by molar-refractivity contribution is 5.71. The van der Waals surface area contributed by atoms with Crippen LogP contribution in [0.3, 0.4) is 0 Å². The van der Waals surface area contributed by atoms with Gasteiger partial charge in [-0.2, -0.15) is 4.98 Å². The summed E-state index contributed by atoms with van der Waals surface area (Å²) in [4.78, 5) is 17.1. The van der Waals surface area contributed by atoms with E-state index in [0.717, 1.165) is 35.4 Å². The first-order valence-corrected chi connectivity index (χ1v) is 11.8. The van der Waals surface area contributed by atoms with Crippen LogP contribution in [0, 0.1) is 6.92 Å². The van der Waals surface area contributed by atoms with Gasteiger partial charge >= 0.3 is 5.69 Å². The summed E-state index contributed by atoms with van der Waals surface area (Å²) in [6.07, 6.45) is 3.23. The summed E-state index contributed by atoms with van der Waals surface area (Å²) in [7, 11) is 3.24. The van der Waals surface area contributed by atoms with Crippen LogP contribution in [0.25, 0.3) is 11.3 Å². The Morgan fingerprint density at radius 3 is 2.57 bits per heavy atom. The minimum Gasteiger partial charge on any atom is -0.493 e. The number of nitrogens with one attached hydrogen (secondary N) is 1. The highest BCUT2D eigenvalue weighted by atomic mass is 16.5. The minimum absolute atomic E-state index is 0.106. The normalized spacial score (nSPS) is 13.0. The minimum atomic E-state index is -0.258. The molecule has 0 saturated carbocycles. The van der Waals surface area contributed by atoms with Crippen LogP contribution in [0.2, 0.25) is 0 Å². The van der Waals surface area contributed by atoms with Gasteiger partial charge in [-0.1, -0.05) is 29.8 Å². The van der Waals surface area contributed by atoms with Gasteiger partial charge in [0.15, 0.2) is 11.5 Å². The van der Waals surface area contributed by atoms with Crippen molar-refractivity contribution in [1.29, 1.82) is 0 Å². The zero-order valence-corrected chi connectivity index (χ0v) is 20.2. The summed E-state index contributed by atoms with van der Waals surface area (Å²) >= 11 is 0. The topological polar surface area (TPSA) is 78.5 Å². The fourth-order valence-corrected chi connectivity index (χ4v) is 4.74. The molecule has 3 heterocycles. The van der Waals surface area contributed by atoms with E-state index in [4.69, 9.17) is 13.9 Å². The van der Waals surface area contributed by atoms with Gasteiger partial charge in [-0.3, -0.25) is 4.57 Å². The van der Waals surface area contributed by atoms with E-state index in [9.17, 15) is 4.79 Å². The molecule has 7 nitrogen and oxygen atoms in total. The van der Waals surface area contributed by atoms with Gasteiger partial charge in [0.05, 0.1) is 26.2 Å². The molecule has 0 unspecified atom stereocenters. The summed E-state index contributed by atoms with van der Waals surface area (Å²) in [6, 6.07) is 18.3. The number of nitrogens with zero attached hydrogens (tertiary/aromatic N) is 2. The number of aromatic nitrogens is 2. The van der Waals surface area contributed by atoms with Crippen molar-refractivity contribution in [2.75, 3.05) is 26.1 Å². The molecule has 1 aliphatic heterocycles. The van der Waals surface area contributed by atoms with Crippen LogP contribution < -0.4 is 20.5 Å². The predicted octanol–water partition coefficient (Wildman–Crippen LogP) is 5.02. The molecular formula is C28H29N3O4. The summed E-state index contributed by atoms with van der Waals surface area (Å²) in [5, 5.41) is 3.37. The van der Waals surface area contributed by atoms with E-state index in [0.29, 0.717) is 30.4 Å². The Morgan fingerprint density at radius 1 is 1.09 bits per heavy atom. The van der Waals surface area contributed by atoms with Crippen LogP contribution in [0.1, 0.15) is 34.8 Å². The lowest BCUT2D eigenvalue weighted by molar-refractivity contribution is 0.354. The number of furan rings is 1. The number of rotatable bonds is 8. The number of methoxy groups -OCH3 is 2. The SMILES string of the molecule is COc1cc2c(cc1OC)-c1cc(NCC[C@@H](c3ccc(C)cc3)c3ccco3)nc(=O)n1CC2. The Labute approximate surface area is 204 Å². The van der Waals surface area contributed by atoms with Crippen LogP contribution in [-0.4, -0.2) is 30.3 Å². The lowest BCUT2D eigenvalue weighted by atomic mass is 9.92. The first-order valence-electron chi connectivity index (χ1n) is 11.8. The molecule has 35 heavy (non-hydrogen) atoms. The third-order valence-corrected chi connectivity index (χ3v) is 6.61. The van der Waals surface area contributed by atoms with Crippen molar-refractivity contribution in [1.82, 2.24) is 9.55 Å². The zero-order valence-electron chi connectivity index (χ0n) is 20.2. The number of ether oxygens (including phenoxy) is 2. The molecule has 4 aromatic rings. The number of aryl methyl sites for hydroxylation is 2. The molecule has 2 aromatic carbocycles. The Bertz CT molecular complexity index is 1370. The number of hydrogen-bond acceptors (Lipinski definition) is 6. The maximum Gasteiger partial charge on any atom is 0.349 e. The van der Waals surface area contributed by atoms with Gasteiger partial charge in [0, 0.05) is 30.6 Å². The second-order valence-electron chi connectivity index (χ2n) is 8.77. The van der Waals surface area contributed by atoms with Gasteiger partial charge in [0.1, 0.15) is 11.6 Å². The molecule has 0 saturated heterocycles. The van der Waals surface area contributed by atoms with Crippen LogP contribution >= 0.6 is 0 Å². The van der Waals surface area contributed by atoms with E-state index in [1.165, 1.54) is 11.1 Å². The fourth-order valence-electron chi connectivity index (χ4n) is 4.74. The molecule has 1 atom stereocenters. The molecular weight excluding hydrogens is 442 g/mol. The van der Waals surface area contributed by atoms with Crippen LogP contribution in [0.15, 0.2) is 70.1 Å². The van der Waals surface area contributed by atoms with Crippen molar-refractivity contribution in [3.63, 3.8) is 0 Å². The van der Waals surface area contributed by atoms with Gasteiger partial charge in [-0.05, 0) is 55.2 Å². The maximum absolute atomic E-state index is 12.9. The molecule has 7 heteroatoms. The number of fused-ring (bicyclic) bond motifs is 3. The van der Waals surface area contributed by atoms with Crippen molar-refractivity contribution < 1.29 is 13.9 Å². The highest BCUT2D eigenvalue weighted by Crippen LogP contribution is 2.38. The first-order chi connectivity index (χ1) is 17.1. The zero-order chi connectivity index (χ0) is 24.4. The molecule has 2 aromatic heterocycles. The second-order valence-corrected chi connectivity index (χ2v) is 8.77. The molecule has 0 aliphatic carbocycles. The Kier molecular flexibility index (Phi) is 6.31. The average Bonchev–Trinajstić information content (AvgIpc) is 3.41. The van der Waals surface area contributed by atoms with Crippen LogP contribution in [-0.2, 0) is 13.0 Å². The predicted molar refractivity (Wildman–Crippen MR) is 136 cm³/mol. The van der Waals surface area contributed by atoms with Crippen molar-refractivity contribution in [3.8, 4) is 22.8 Å². The first kappa shape index (κ1) is 22.8. The molecule has 1 aliphatic rings. The number of anilines is 1. The van der Waals surface area contributed by atoms with E-state index in [1.54, 1.807) is 25.0 Å². The van der Waals surface area contributed by atoms with Gasteiger partial charge in [0.25, 0.3) is 0 Å². The standard InChI is InChI=1S/C28H29N3O4/c1-18-6-8-19(9-7-18)21(24-5-4-14-35-24)10-12-29-27-17-23-22-16-26(34-3)25(33-2)15-20(22)11-13-31(23)28(32)30-27/h4-9,14-17,21H,10-13H2,1-3H3,(H,29,30,32)/t21-/m0/s1. The molecule has 0 bridgehead atoms. The van der Waals surface area contributed by atoms with E-state index in [-0.39, 0.29) is 11.6 Å². The van der Waals surface area contributed by atoms with Gasteiger partial charge in [-0.15, -0.1) is 0 Å². The van der Waals surface area contributed by atoms with Crippen LogP contribution in [0.4, 0.5) is 5.82 Å². The van der Waals surface area contributed by atoms with E-state index in [1.807, 2.05) is 30.3 Å². The maximum atomic E-state index is 12.9. The third kappa shape index (κ3) is 4.54. The lowest BCUT2D eigenvalue weighted by Gasteiger charge is -2.23. The molecule has 0 radical (unpaired) electrons. The Hall–Kier alpha value is -4.00. The number of hydrogen-bond donors (Lipinski definition) is 1. The van der Waals surface area contributed by atoms with Crippen LogP contribution in [0.5, 0.6) is 11.5 Å². The largest absolute Gasteiger partial charge is 0.493 e. The molecule has 5 rings (SSSR count). The molecule has 1 N–H and O–H groups in total. The van der Waals surface area contributed by atoms with E-state index in [2.05, 4.69) is 41.5 Å². The van der Waals surface area contributed by atoms with Crippen molar-refractivity contribution in [2.24, 2.45) is 0 Å². The Balaban J connectivity index is 1.40. The molecule has 0 spiro atoms. The quantitative estimate of drug-likeness (QED) is 0.389. The van der Waals surface area contributed by atoms with Crippen molar-refractivity contribution in [3.05, 3.63) is 93.8 Å². The molecule has 0 amide bonds. The molecule has 180 valence electrons. The number of benzene rings is 2. The second kappa shape index (κ2) is 9.70. The fraction of sp³-hybridized carbons (Fsp3) is 0.286. The summed E-state index contributed by atoms with van der Waals surface area (Å²) < 4.78 is 18.4. The highest BCUT2D eigenvalue weighted by Gasteiger charge is 2.22. The van der Waals surface area contributed by atoms with E-state index >= 15 is 0 Å². The Morgan fingerprint density at radius 2 is 1.86 bits per heavy atom. The average molecular weight is 472 g/mol. The summed E-state index contributed by atoms with van der Waals surface area (Å²) in [5.74, 6) is 2.91. The summed E-state index contributed by atoms with van der Waals surface area (Å²) in [6.45, 7) is 3.29. The third-order valence-electron chi connectivity index (χ3n) is 6.61. The monoisotopic (exact) mass is 471 g/mol. The van der Waals surface area contributed by atoms with Gasteiger partial charge < -0.3 is 19.2 Å². The van der Waals surface area contributed by atoms with Crippen molar-refractivity contribution in [2.45, 2.75) is 32.2 Å². The smallest absolute Gasteiger partial charge is 0.349 e. The summed E-state index contributed by atoms with van der Waals surface area (Å²) in [5.41, 5.74) is 5.07. The molecule has 0 fully saturated rings. The van der Waals surface area contributed by atoms with Gasteiger partial charge in [-0.25, -0.2) is 4.79 Å². The van der Waals surface area contributed by atoms with Gasteiger partial charge in [0.2, 0.25) is 0 Å². The van der Waals surface area contributed by atoms with Crippen molar-refractivity contribution >= 4 is 5.82 Å². The lowest BCUT2D eigenvalue weighted by Crippen LogP contribution is -2.29.